The number of hydrogen-bond acceptors (Lipinski definition) is 25. The molecule has 29 heteroatoms. The molecule has 4 saturated heterocycles. The van der Waals surface area contributed by atoms with Gasteiger partial charge in [-0.3, -0.25) is 29.9 Å². The average Bonchev–Trinajstić information content (AvgIpc) is 1.67. The van der Waals surface area contributed by atoms with E-state index in [1.54, 1.807) is 31.8 Å². The summed E-state index contributed by atoms with van der Waals surface area (Å²) in [6.07, 6.45) is 20.0. The van der Waals surface area contributed by atoms with Gasteiger partial charge in [-0.15, -0.1) is 0 Å². The fraction of sp³-hybridized carbons (Fsp3) is 0.461. The molecule has 105 heavy (non-hydrogen) atoms. The fourth-order valence-electron chi connectivity index (χ4n) is 14.2. The van der Waals surface area contributed by atoms with Crippen LogP contribution in [0, 0.1) is 31.6 Å². The monoisotopic (exact) mass is 1500 g/mol. The summed E-state index contributed by atoms with van der Waals surface area (Å²) in [6.45, 7) is 24.7. The van der Waals surface area contributed by atoms with Crippen LogP contribution in [0.3, 0.4) is 0 Å². The normalized spacial score (nSPS) is 18.8. The first-order valence-corrected chi connectivity index (χ1v) is 37.5. The second kappa shape index (κ2) is 31.2. The van der Waals surface area contributed by atoms with E-state index in [9.17, 15) is 5.11 Å². The molecule has 0 spiro atoms. The van der Waals surface area contributed by atoms with Crippen LogP contribution in [0.4, 0.5) is 29.1 Å². The molecule has 25 nitrogen and oxygen atoms in total. The molecule has 15 heterocycles. The highest BCUT2D eigenvalue weighted by Gasteiger charge is 2.37. The SMILES string of the molecule is CNc1nccc(C2=NCc3nc(N4CCC(C)(N)CC4)cnc32)c1Cl.Cc1cccc(C2=NCc3nc(N4CCC(C)(CN)CC4)cnc32)c1Cl.Cc1nccc(C2=NCc3nc(N4CCC(C)(C(C)N)CC4)cnc32)c1Cl.Cc1nccc(C2=NCc3nc(N4CCC(O)(CN)CC4)cnc32)c1Cl. The molecule has 0 bridgehead atoms. The van der Waals surface area contributed by atoms with Crippen LogP contribution >= 0.6 is 46.4 Å². The van der Waals surface area contributed by atoms with E-state index in [0.717, 1.165) is 220 Å². The molecule has 8 aliphatic heterocycles. The topological polar surface area (TPSA) is 341 Å². The quantitative estimate of drug-likeness (QED) is 0.0662. The maximum absolute atomic E-state index is 10.3. The summed E-state index contributed by atoms with van der Waals surface area (Å²) in [7, 11) is 1.79. The lowest BCUT2D eigenvalue weighted by molar-refractivity contribution is 0.0248. The summed E-state index contributed by atoms with van der Waals surface area (Å²) < 4.78 is 0. The van der Waals surface area contributed by atoms with Crippen molar-refractivity contribution in [3.05, 3.63) is 185 Å². The highest BCUT2D eigenvalue weighted by Crippen LogP contribution is 2.39. The zero-order chi connectivity index (χ0) is 74.1. The minimum absolute atomic E-state index is 0.0833. The summed E-state index contributed by atoms with van der Waals surface area (Å²) in [4.78, 5) is 78.2. The Morgan fingerprint density at radius 2 is 0.819 bits per heavy atom. The molecule has 1 unspecified atom stereocenters. The van der Waals surface area contributed by atoms with Gasteiger partial charge in [0.1, 0.15) is 51.9 Å². The largest absolute Gasteiger partial charge is 0.388 e. The van der Waals surface area contributed by atoms with Gasteiger partial charge in [-0.1, -0.05) is 78.5 Å². The number of nitrogens with zero attached hydrogens (tertiary/aromatic N) is 19. The lowest BCUT2D eigenvalue weighted by Gasteiger charge is -2.42. The van der Waals surface area contributed by atoms with Crippen molar-refractivity contribution in [2.24, 2.45) is 53.7 Å². The summed E-state index contributed by atoms with van der Waals surface area (Å²) in [5, 5.41) is 15.8. The van der Waals surface area contributed by atoms with Crippen LogP contribution in [-0.4, -0.2) is 172 Å². The van der Waals surface area contributed by atoms with Crippen molar-refractivity contribution in [1.82, 2.24) is 54.8 Å². The van der Waals surface area contributed by atoms with Crippen molar-refractivity contribution in [3.8, 4) is 0 Å². The Morgan fingerprint density at radius 1 is 0.467 bits per heavy atom. The van der Waals surface area contributed by atoms with Gasteiger partial charge in [-0.25, -0.2) is 44.9 Å². The number of halogens is 4. The molecule has 7 aromatic heterocycles. The van der Waals surface area contributed by atoms with Crippen LogP contribution in [0.2, 0.25) is 20.1 Å². The fourth-order valence-corrected chi connectivity index (χ4v) is 15.1. The molecular formula is C76H92Cl4N24O. The lowest BCUT2D eigenvalue weighted by atomic mass is 9.75. The molecule has 0 aliphatic carbocycles. The van der Waals surface area contributed by atoms with Crippen LogP contribution in [-0.2, 0) is 26.2 Å². The third kappa shape index (κ3) is 15.9. The maximum Gasteiger partial charge on any atom is 0.147 e. The number of hydrogen-bond donors (Lipinski definition) is 6. The molecule has 1 aromatic carbocycles. The molecule has 10 N–H and O–H groups in total. The van der Waals surface area contributed by atoms with Gasteiger partial charge in [-0.05, 0) is 127 Å². The Morgan fingerprint density at radius 3 is 1.19 bits per heavy atom. The molecule has 0 amide bonds. The molecule has 16 rings (SSSR count). The van der Waals surface area contributed by atoms with Gasteiger partial charge in [0.05, 0.1) is 134 Å². The number of aliphatic imine (C=N–C) groups is 4. The van der Waals surface area contributed by atoms with E-state index in [-0.39, 0.29) is 22.4 Å². The Bertz CT molecular complexity index is 4540. The first-order chi connectivity index (χ1) is 50.4. The van der Waals surface area contributed by atoms with Crippen molar-refractivity contribution in [3.63, 3.8) is 0 Å². The number of piperidine rings is 4. The van der Waals surface area contributed by atoms with E-state index in [1.165, 1.54) is 0 Å². The average molecular weight is 1500 g/mol. The number of aryl methyl sites for hydroxylation is 3. The van der Waals surface area contributed by atoms with Crippen molar-refractivity contribution >= 4 is 98.3 Å². The predicted molar refractivity (Wildman–Crippen MR) is 420 cm³/mol. The molecule has 8 aromatic rings. The predicted octanol–water partition coefficient (Wildman–Crippen LogP) is 10.2. The zero-order valence-corrected chi connectivity index (χ0v) is 63.9. The summed E-state index contributed by atoms with van der Waals surface area (Å²) in [6, 6.07) is 11.8. The first-order valence-electron chi connectivity index (χ1n) is 36.0. The van der Waals surface area contributed by atoms with Gasteiger partial charge in [0, 0.05) is 118 Å². The third-order valence-electron chi connectivity index (χ3n) is 22.0. The Labute approximate surface area is 633 Å². The number of rotatable bonds is 12. The third-order valence-corrected chi connectivity index (χ3v) is 23.8. The van der Waals surface area contributed by atoms with E-state index < -0.39 is 5.60 Å². The Hall–Kier alpha value is -8.37. The number of fused-ring (bicyclic) bond motifs is 4. The number of nitrogens with two attached hydrogens (primary N) is 4. The number of pyridine rings is 3. The van der Waals surface area contributed by atoms with Gasteiger partial charge >= 0.3 is 0 Å². The van der Waals surface area contributed by atoms with Crippen LogP contribution in [0.1, 0.15) is 164 Å². The molecule has 0 radical (unpaired) electrons. The summed E-state index contributed by atoms with van der Waals surface area (Å²) in [5.41, 5.74) is 39.7. The number of benzene rings is 1. The molecular weight excluding hydrogens is 1410 g/mol. The van der Waals surface area contributed by atoms with Gasteiger partial charge in [0.15, 0.2) is 0 Å². The number of nitrogens with one attached hydrogen (secondary N) is 1. The molecule has 550 valence electrons. The molecule has 8 aliphatic rings. The number of aliphatic hydroxyl groups is 1. The van der Waals surface area contributed by atoms with Crippen LogP contribution in [0.15, 0.2) is 99.7 Å². The van der Waals surface area contributed by atoms with Gasteiger partial charge < -0.3 is 53.0 Å². The molecule has 4 fully saturated rings. The number of anilines is 5. The van der Waals surface area contributed by atoms with Gasteiger partial charge in [0.2, 0.25) is 0 Å². The van der Waals surface area contributed by atoms with Crippen molar-refractivity contribution in [2.45, 2.75) is 143 Å². The maximum atomic E-state index is 10.3. The molecule has 1 atom stereocenters. The van der Waals surface area contributed by atoms with E-state index in [1.807, 2.05) is 75.8 Å². The number of aromatic nitrogens is 11. The van der Waals surface area contributed by atoms with Gasteiger partial charge in [-0.2, -0.15) is 0 Å². The Balaban J connectivity index is 0.000000124. The lowest BCUT2D eigenvalue weighted by Crippen LogP contribution is -2.49. The van der Waals surface area contributed by atoms with Gasteiger partial charge in [0.25, 0.3) is 0 Å². The highest BCUT2D eigenvalue weighted by atomic mass is 35.5. The van der Waals surface area contributed by atoms with Crippen molar-refractivity contribution in [1.29, 1.82) is 0 Å². The summed E-state index contributed by atoms with van der Waals surface area (Å²) >= 11 is 25.8. The van der Waals surface area contributed by atoms with Crippen LogP contribution < -0.4 is 47.9 Å². The van der Waals surface area contributed by atoms with E-state index in [2.05, 4.69) is 97.5 Å². The smallest absolute Gasteiger partial charge is 0.147 e. The van der Waals surface area contributed by atoms with E-state index in [0.29, 0.717) is 79.5 Å². The minimum Gasteiger partial charge on any atom is -0.388 e. The zero-order valence-electron chi connectivity index (χ0n) is 60.9. The van der Waals surface area contributed by atoms with Crippen LogP contribution in [0.25, 0.3) is 0 Å². The second-order valence-corrected chi connectivity index (χ2v) is 31.0. The molecule has 0 saturated carbocycles. The van der Waals surface area contributed by atoms with Crippen LogP contribution in [0.5, 0.6) is 0 Å². The Kier molecular flexibility index (Phi) is 22.3. The van der Waals surface area contributed by atoms with E-state index in [4.69, 9.17) is 99.2 Å². The van der Waals surface area contributed by atoms with Crippen molar-refractivity contribution in [2.75, 3.05) is 97.4 Å². The second-order valence-electron chi connectivity index (χ2n) is 29.5. The summed E-state index contributed by atoms with van der Waals surface area (Å²) in [5.74, 6) is 4.20. The first kappa shape index (κ1) is 74.9. The highest BCUT2D eigenvalue weighted by molar-refractivity contribution is 6.38. The minimum atomic E-state index is -0.757. The van der Waals surface area contributed by atoms with Crippen molar-refractivity contribution < 1.29 is 5.11 Å². The standard InChI is InChI=1S/C20H25ClN6.C20H24ClN5.C18H22ClN7.C18H21ClN6O/c1-12-17(21)14(4-7-23-12)18-19-15(10-24-18)26-16(11-25-19)27-8-5-20(3,6-9-27)13(2)22;1-13-4-3-5-14(17(13)21)18-19-15(10-23-18)25-16(11-24-19)26-8-6-20(2,12-22)7-9-26;1-18(20)4-7-26(8-5-18)13-10-24-16-12(25-13)9-23-15(16)11-3-6-22-17(21-2)14(11)19;1-11-15(19)12(2-5-21-11)16-17-13(8-22-16)24-14(9-23-17)25-6-3-18(26,10-20)4-7-25/h4,7,11,13H,5-6,8-10,22H2,1-3H3;3-5,11H,6-10,12,22H2,1-2H3;3,6,10H,4-5,7-9,20H2,1-2H3,(H,21,22);2,5,9,26H,3-4,6-8,10,20H2,1H3. The van der Waals surface area contributed by atoms with E-state index >= 15 is 0 Å².